The van der Waals surface area contributed by atoms with Crippen molar-refractivity contribution in [2.24, 2.45) is 0 Å². The average molecular weight is 268 g/mol. The first-order valence-electron chi connectivity index (χ1n) is 7.58. The van der Waals surface area contributed by atoms with E-state index in [9.17, 15) is 0 Å². The summed E-state index contributed by atoms with van der Waals surface area (Å²) in [6.45, 7) is 5.33. The van der Waals surface area contributed by atoms with Gasteiger partial charge in [0.05, 0.1) is 0 Å². The number of hydrogen-bond donors (Lipinski definition) is 1. The Labute approximate surface area is 121 Å². The molecule has 1 unspecified atom stereocenters. The Kier molecular flexibility index (Phi) is 3.66. The number of hydrogen-bond acceptors (Lipinski definition) is 1. The van der Waals surface area contributed by atoms with Crippen LogP contribution in [0.25, 0.3) is 0 Å². The molecule has 20 heavy (non-hydrogen) atoms. The maximum absolute atomic E-state index is 3.44. The van der Waals surface area contributed by atoms with Crippen molar-refractivity contribution < 1.29 is 0 Å². The van der Waals surface area contributed by atoms with Crippen LogP contribution >= 0.6 is 0 Å². The van der Waals surface area contributed by atoms with Crippen molar-refractivity contribution in [3.63, 3.8) is 0 Å². The van der Waals surface area contributed by atoms with Gasteiger partial charge in [-0.25, -0.2) is 0 Å². The molecule has 2 heteroatoms. The summed E-state index contributed by atoms with van der Waals surface area (Å²) in [5, 5.41) is 3.44. The third-order valence-corrected chi connectivity index (χ3v) is 4.31. The molecule has 1 aliphatic rings. The minimum atomic E-state index is 0.541. The Morgan fingerprint density at radius 3 is 2.60 bits per heavy atom. The third kappa shape index (κ3) is 2.66. The highest BCUT2D eigenvalue weighted by Gasteiger charge is 2.20. The SMILES string of the molecule is CNC1CCCc2cn(Cc3cc(C)cc(C)c3)cc21. The van der Waals surface area contributed by atoms with Gasteiger partial charge in [0.1, 0.15) is 0 Å². The number of nitrogens with zero attached hydrogens (tertiary/aromatic N) is 1. The summed E-state index contributed by atoms with van der Waals surface area (Å²) in [4.78, 5) is 0. The standard InChI is InChI=1S/C18H24N2/c1-13-7-14(2)9-15(8-13)10-20-11-16-5-4-6-18(19-3)17(16)12-20/h7-9,11-12,18-19H,4-6,10H2,1-3H3. The van der Waals surface area contributed by atoms with Crippen LogP contribution in [-0.2, 0) is 13.0 Å². The lowest BCUT2D eigenvalue weighted by atomic mass is 9.91. The van der Waals surface area contributed by atoms with Crippen molar-refractivity contribution >= 4 is 0 Å². The fourth-order valence-corrected chi connectivity index (χ4v) is 3.51. The second kappa shape index (κ2) is 5.45. The van der Waals surface area contributed by atoms with E-state index in [1.807, 2.05) is 0 Å². The molecule has 0 bridgehead atoms. The summed E-state index contributed by atoms with van der Waals surface area (Å²) in [7, 11) is 2.07. The molecule has 0 spiro atoms. The first kappa shape index (κ1) is 13.4. The molecule has 0 amide bonds. The van der Waals surface area contributed by atoms with Gasteiger partial charge < -0.3 is 9.88 Å². The van der Waals surface area contributed by atoms with E-state index in [1.165, 1.54) is 47.1 Å². The number of benzene rings is 1. The first-order chi connectivity index (χ1) is 9.65. The number of aryl methyl sites for hydroxylation is 3. The third-order valence-electron chi connectivity index (χ3n) is 4.31. The molecule has 0 fully saturated rings. The fourth-order valence-electron chi connectivity index (χ4n) is 3.51. The van der Waals surface area contributed by atoms with Gasteiger partial charge in [-0.05, 0) is 56.8 Å². The van der Waals surface area contributed by atoms with Crippen LogP contribution in [0, 0.1) is 13.8 Å². The predicted octanol–water partition coefficient (Wildman–Crippen LogP) is 3.75. The Balaban J connectivity index is 1.86. The van der Waals surface area contributed by atoms with E-state index in [0.717, 1.165) is 6.54 Å². The van der Waals surface area contributed by atoms with Crippen LogP contribution in [0.3, 0.4) is 0 Å². The predicted molar refractivity (Wildman–Crippen MR) is 84.2 cm³/mol. The zero-order valence-corrected chi connectivity index (χ0v) is 12.7. The van der Waals surface area contributed by atoms with Gasteiger partial charge in [0.2, 0.25) is 0 Å². The molecule has 0 saturated carbocycles. The Hall–Kier alpha value is -1.54. The van der Waals surface area contributed by atoms with Gasteiger partial charge in [-0.15, -0.1) is 0 Å². The lowest BCUT2D eigenvalue weighted by Gasteiger charge is -2.21. The number of nitrogens with one attached hydrogen (secondary N) is 1. The molecule has 0 aliphatic heterocycles. The summed E-state index contributed by atoms with van der Waals surface area (Å²) in [5.41, 5.74) is 7.13. The highest BCUT2D eigenvalue weighted by atomic mass is 15.0. The summed E-state index contributed by atoms with van der Waals surface area (Å²) in [6, 6.07) is 7.36. The fraction of sp³-hybridized carbons (Fsp3) is 0.444. The minimum Gasteiger partial charge on any atom is -0.349 e. The molecule has 1 aromatic heterocycles. The van der Waals surface area contributed by atoms with E-state index in [0.29, 0.717) is 6.04 Å². The van der Waals surface area contributed by atoms with E-state index in [1.54, 1.807) is 0 Å². The van der Waals surface area contributed by atoms with Crippen molar-refractivity contribution in [3.8, 4) is 0 Å². The summed E-state index contributed by atoms with van der Waals surface area (Å²) < 4.78 is 2.36. The lowest BCUT2D eigenvalue weighted by Crippen LogP contribution is -2.20. The molecule has 1 heterocycles. The monoisotopic (exact) mass is 268 g/mol. The van der Waals surface area contributed by atoms with Gasteiger partial charge in [0.25, 0.3) is 0 Å². The molecule has 0 saturated heterocycles. The van der Waals surface area contributed by atoms with Gasteiger partial charge in [0.15, 0.2) is 0 Å². The molecule has 1 aliphatic carbocycles. The second-order valence-corrected chi connectivity index (χ2v) is 6.14. The molecule has 1 atom stereocenters. The summed E-state index contributed by atoms with van der Waals surface area (Å²) >= 11 is 0. The molecular formula is C18H24N2. The van der Waals surface area contributed by atoms with Crippen molar-refractivity contribution in [1.82, 2.24) is 9.88 Å². The van der Waals surface area contributed by atoms with E-state index in [2.05, 4.69) is 61.4 Å². The quantitative estimate of drug-likeness (QED) is 0.897. The van der Waals surface area contributed by atoms with Crippen molar-refractivity contribution in [2.45, 2.75) is 45.7 Å². The van der Waals surface area contributed by atoms with E-state index >= 15 is 0 Å². The molecule has 1 aromatic carbocycles. The van der Waals surface area contributed by atoms with Crippen molar-refractivity contribution in [3.05, 3.63) is 58.4 Å². The number of aromatic nitrogens is 1. The Morgan fingerprint density at radius 2 is 1.90 bits per heavy atom. The molecule has 0 radical (unpaired) electrons. The molecule has 106 valence electrons. The molecule has 2 aromatic rings. The summed E-state index contributed by atoms with van der Waals surface area (Å²) in [6.07, 6.45) is 8.47. The van der Waals surface area contributed by atoms with E-state index < -0.39 is 0 Å². The van der Waals surface area contributed by atoms with Crippen LogP contribution in [0.15, 0.2) is 30.6 Å². The second-order valence-electron chi connectivity index (χ2n) is 6.14. The molecule has 1 N–H and O–H groups in total. The van der Waals surface area contributed by atoms with Gasteiger partial charge in [0, 0.05) is 25.0 Å². The van der Waals surface area contributed by atoms with Crippen LogP contribution in [0.1, 0.15) is 46.7 Å². The average Bonchev–Trinajstić information content (AvgIpc) is 2.79. The minimum absolute atomic E-state index is 0.541. The lowest BCUT2D eigenvalue weighted by molar-refractivity contribution is 0.498. The molecule has 3 rings (SSSR count). The summed E-state index contributed by atoms with van der Waals surface area (Å²) in [5.74, 6) is 0. The van der Waals surface area contributed by atoms with Gasteiger partial charge in [-0.3, -0.25) is 0 Å². The largest absolute Gasteiger partial charge is 0.349 e. The number of fused-ring (bicyclic) bond motifs is 1. The molecule has 2 nitrogen and oxygen atoms in total. The Morgan fingerprint density at radius 1 is 1.15 bits per heavy atom. The zero-order valence-electron chi connectivity index (χ0n) is 12.7. The van der Waals surface area contributed by atoms with Crippen LogP contribution < -0.4 is 5.32 Å². The van der Waals surface area contributed by atoms with E-state index in [4.69, 9.17) is 0 Å². The maximum Gasteiger partial charge on any atom is 0.0470 e. The smallest absolute Gasteiger partial charge is 0.0470 e. The highest BCUT2D eigenvalue weighted by Crippen LogP contribution is 2.30. The van der Waals surface area contributed by atoms with Crippen LogP contribution in [0.2, 0.25) is 0 Å². The normalized spacial score (nSPS) is 18.1. The van der Waals surface area contributed by atoms with Crippen LogP contribution in [0.4, 0.5) is 0 Å². The number of rotatable bonds is 3. The van der Waals surface area contributed by atoms with Gasteiger partial charge >= 0.3 is 0 Å². The maximum atomic E-state index is 3.44. The van der Waals surface area contributed by atoms with Crippen LogP contribution in [0.5, 0.6) is 0 Å². The van der Waals surface area contributed by atoms with Crippen molar-refractivity contribution in [1.29, 1.82) is 0 Å². The first-order valence-corrected chi connectivity index (χ1v) is 7.58. The zero-order chi connectivity index (χ0) is 14.1. The van der Waals surface area contributed by atoms with E-state index in [-0.39, 0.29) is 0 Å². The highest BCUT2D eigenvalue weighted by molar-refractivity contribution is 5.32. The molecular weight excluding hydrogens is 244 g/mol. The van der Waals surface area contributed by atoms with Gasteiger partial charge in [-0.1, -0.05) is 29.3 Å². The van der Waals surface area contributed by atoms with Gasteiger partial charge in [-0.2, -0.15) is 0 Å². The Bertz CT molecular complexity index is 590. The van der Waals surface area contributed by atoms with Crippen LogP contribution in [-0.4, -0.2) is 11.6 Å². The van der Waals surface area contributed by atoms with Crippen molar-refractivity contribution in [2.75, 3.05) is 7.05 Å². The topological polar surface area (TPSA) is 17.0 Å².